The van der Waals surface area contributed by atoms with E-state index in [-0.39, 0.29) is 29.3 Å². The van der Waals surface area contributed by atoms with Crippen LogP contribution in [0.25, 0.3) is 10.8 Å². The Hall–Kier alpha value is -2.78. The summed E-state index contributed by atoms with van der Waals surface area (Å²) in [6, 6.07) is 12.8. The highest BCUT2D eigenvalue weighted by Gasteiger charge is 2.38. The van der Waals surface area contributed by atoms with E-state index in [1.54, 1.807) is 5.38 Å². The topological polar surface area (TPSA) is 196 Å². The molecule has 0 saturated carbocycles. The fourth-order valence-electron chi connectivity index (χ4n) is 4.87. The maximum absolute atomic E-state index is 13.8. The van der Waals surface area contributed by atoms with Gasteiger partial charge in [0, 0.05) is 18.7 Å². The minimum Gasteiger partial charge on any atom is -0.368 e. The average Bonchev–Trinajstić information content (AvgIpc) is 3.51. The number of thioether (sulfide) groups is 1. The molecule has 2 aromatic carbocycles. The number of carbonyl (C=O) groups excluding carboxylic acids is 3. The number of carbonyl (C=O) groups is 3. The van der Waals surface area contributed by atoms with Crippen LogP contribution < -0.4 is 15.8 Å². The van der Waals surface area contributed by atoms with Gasteiger partial charge in [-0.1, -0.05) is 48.5 Å². The van der Waals surface area contributed by atoms with Gasteiger partial charge in [-0.2, -0.15) is 4.72 Å². The number of benzene rings is 2. The number of piperidine rings is 1. The Bertz CT molecular complexity index is 1610. The van der Waals surface area contributed by atoms with Gasteiger partial charge in [0.25, 0.3) is 10.0 Å². The molecule has 6 N–H and O–H groups in total. The summed E-state index contributed by atoms with van der Waals surface area (Å²) in [4.78, 5) is 59.5. The van der Waals surface area contributed by atoms with Crippen molar-refractivity contribution in [2.75, 3.05) is 17.8 Å². The number of nitrogens with zero attached hydrogens (tertiary/aromatic N) is 1. The van der Waals surface area contributed by atoms with Crippen molar-refractivity contribution in [3.05, 3.63) is 65.5 Å². The minimum absolute atomic E-state index is 0.0313. The molecule has 16 heteroatoms. The van der Waals surface area contributed by atoms with Gasteiger partial charge < -0.3 is 25.7 Å². The molecule has 1 fully saturated rings. The van der Waals surface area contributed by atoms with Crippen LogP contribution in [0.3, 0.4) is 0 Å². The van der Waals surface area contributed by atoms with Crippen LogP contribution in [0.2, 0.25) is 0 Å². The van der Waals surface area contributed by atoms with E-state index in [0.29, 0.717) is 12.8 Å². The highest BCUT2D eigenvalue weighted by atomic mass is 32.2. The molecule has 2 heterocycles. The van der Waals surface area contributed by atoms with Crippen molar-refractivity contribution in [2.24, 2.45) is 5.73 Å². The molecule has 0 spiro atoms. The molecule has 43 heavy (non-hydrogen) atoms. The molecule has 0 radical (unpaired) electrons. The molecule has 0 bridgehead atoms. The largest absolute Gasteiger partial charge is 0.368 e. The summed E-state index contributed by atoms with van der Waals surface area (Å²) in [5.74, 6) is -2.32. The maximum atomic E-state index is 13.8. The summed E-state index contributed by atoms with van der Waals surface area (Å²) in [5, 5.41) is 6.23. The number of sulfonamides is 1. The quantitative estimate of drug-likeness (QED) is 0.169. The summed E-state index contributed by atoms with van der Waals surface area (Å²) in [6.45, 7) is 0.156. The highest BCUT2D eigenvalue weighted by molar-refractivity contribution is 8.04. The molecule has 3 atom stereocenters. The second-order valence-electron chi connectivity index (χ2n) is 10.2. The second-order valence-corrected chi connectivity index (χ2v) is 16.2. The third-order valence-corrected chi connectivity index (χ3v) is 12.4. The molecule has 1 saturated heterocycles. The van der Waals surface area contributed by atoms with Crippen LogP contribution in [-0.4, -0.2) is 76.7 Å². The molecular weight excluding hydrogens is 635 g/mol. The summed E-state index contributed by atoms with van der Waals surface area (Å²) >= 11 is 1.68. The van der Waals surface area contributed by atoms with Gasteiger partial charge in [0.15, 0.2) is 0 Å². The zero-order chi connectivity index (χ0) is 31.2. The van der Waals surface area contributed by atoms with Gasteiger partial charge in [0.05, 0.1) is 5.49 Å². The number of hydrogen-bond donors (Lipinski definition) is 5. The fourth-order valence-corrected chi connectivity index (χ4v) is 9.01. The van der Waals surface area contributed by atoms with Crippen LogP contribution >= 0.6 is 30.7 Å². The predicted molar refractivity (Wildman–Crippen MR) is 166 cm³/mol. The third-order valence-electron chi connectivity index (χ3n) is 6.90. The summed E-state index contributed by atoms with van der Waals surface area (Å²) in [5.41, 5.74) is 5.81. The molecule has 3 amide bonds. The lowest BCUT2D eigenvalue weighted by Gasteiger charge is -2.37. The van der Waals surface area contributed by atoms with Crippen LogP contribution in [0.4, 0.5) is 0 Å². The molecule has 1 aliphatic heterocycles. The number of hydrogen-bond acceptors (Lipinski definition) is 8. The number of thiophene rings is 1. The number of fused-ring (bicyclic) bond motifs is 1. The SMILES string of the molecule is NC(=O)C(Cc1ccc2ccccc2c1)NC(=O)C1CCCCN1C(=O)C(CSCP(=O)(O)O)NS(=O)(=O)c1cccs1. The fraction of sp³-hybridized carbons (Fsp3) is 0.370. The normalized spacial score (nSPS) is 17.3. The van der Waals surface area contributed by atoms with E-state index in [0.717, 1.165) is 39.4 Å². The monoisotopic (exact) mass is 668 g/mol. The van der Waals surface area contributed by atoms with Crippen LogP contribution in [0, 0.1) is 0 Å². The molecule has 232 valence electrons. The van der Waals surface area contributed by atoms with Crippen LogP contribution in [0.15, 0.2) is 64.2 Å². The Morgan fingerprint density at radius 2 is 1.81 bits per heavy atom. The third kappa shape index (κ3) is 9.11. The number of nitrogens with two attached hydrogens (primary N) is 1. The lowest BCUT2D eigenvalue weighted by Crippen LogP contribution is -2.60. The molecule has 12 nitrogen and oxygen atoms in total. The number of likely N-dealkylation sites (tertiary alicyclic amines) is 1. The lowest BCUT2D eigenvalue weighted by molar-refractivity contribution is -0.143. The Balaban J connectivity index is 1.52. The van der Waals surface area contributed by atoms with Gasteiger partial charge in [0.1, 0.15) is 22.3 Å². The van der Waals surface area contributed by atoms with E-state index >= 15 is 0 Å². The minimum atomic E-state index is -4.42. The average molecular weight is 669 g/mol. The second kappa shape index (κ2) is 14.3. The first-order chi connectivity index (χ1) is 20.3. The van der Waals surface area contributed by atoms with E-state index in [9.17, 15) is 37.2 Å². The van der Waals surface area contributed by atoms with Gasteiger partial charge in [-0.05, 0) is 47.0 Å². The Morgan fingerprint density at radius 1 is 1.07 bits per heavy atom. The van der Waals surface area contributed by atoms with E-state index < -0.39 is 59.0 Å². The maximum Gasteiger partial charge on any atom is 0.335 e. The molecule has 1 aromatic heterocycles. The Kier molecular flexibility index (Phi) is 11.0. The Labute approximate surface area is 257 Å². The zero-order valence-electron chi connectivity index (χ0n) is 23.0. The van der Waals surface area contributed by atoms with Crippen LogP contribution in [0.1, 0.15) is 24.8 Å². The first-order valence-corrected chi connectivity index (χ1v) is 18.7. The number of nitrogens with one attached hydrogen (secondary N) is 2. The van der Waals surface area contributed by atoms with E-state index in [1.807, 2.05) is 42.5 Å². The van der Waals surface area contributed by atoms with Gasteiger partial charge in [-0.15, -0.1) is 23.1 Å². The first kappa shape index (κ1) is 33.1. The van der Waals surface area contributed by atoms with Crippen molar-refractivity contribution < 1.29 is 37.2 Å². The van der Waals surface area contributed by atoms with E-state index in [2.05, 4.69) is 10.0 Å². The van der Waals surface area contributed by atoms with Crippen molar-refractivity contribution in [1.29, 1.82) is 0 Å². The van der Waals surface area contributed by atoms with Crippen molar-refractivity contribution in [2.45, 2.75) is 48.0 Å². The smallest absolute Gasteiger partial charge is 0.335 e. The number of rotatable bonds is 13. The van der Waals surface area contributed by atoms with Crippen LogP contribution in [0.5, 0.6) is 0 Å². The summed E-state index contributed by atoms with van der Waals surface area (Å²) < 4.78 is 39.7. The van der Waals surface area contributed by atoms with Gasteiger partial charge in [-0.3, -0.25) is 18.9 Å². The van der Waals surface area contributed by atoms with Crippen molar-refractivity contribution >= 4 is 69.2 Å². The molecule has 0 aliphatic carbocycles. The van der Waals surface area contributed by atoms with Crippen molar-refractivity contribution in [1.82, 2.24) is 14.9 Å². The number of amides is 3. The Morgan fingerprint density at radius 3 is 2.49 bits per heavy atom. The van der Waals surface area contributed by atoms with Crippen molar-refractivity contribution in [3.63, 3.8) is 0 Å². The number of primary amides is 1. The molecule has 1 aliphatic rings. The summed E-state index contributed by atoms with van der Waals surface area (Å²) in [6.07, 6.45) is 1.59. The molecular formula is C27H33N4O8PS3. The van der Waals surface area contributed by atoms with Gasteiger partial charge in [0.2, 0.25) is 17.7 Å². The molecule has 3 unspecified atom stereocenters. The first-order valence-electron chi connectivity index (χ1n) is 13.4. The molecule has 4 rings (SSSR count). The van der Waals surface area contributed by atoms with Gasteiger partial charge in [-0.25, -0.2) is 8.42 Å². The zero-order valence-corrected chi connectivity index (χ0v) is 26.3. The molecule has 3 aromatic rings. The van der Waals surface area contributed by atoms with E-state index in [4.69, 9.17) is 5.73 Å². The van der Waals surface area contributed by atoms with Gasteiger partial charge >= 0.3 is 7.60 Å². The van der Waals surface area contributed by atoms with E-state index in [1.165, 1.54) is 17.0 Å². The van der Waals surface area contributed by atoms with Crippen LogP contribution in [-0.2, 0) is 35.4 Å². The highest BCUT2D eigenvalue weighted by Crippen LogP contribution is 2.39. The standard InChI is InChI=1S/C27H33N4O8PS3/c28-25(32)21(15-18-10-11-19-6-1-2-7-20(19)14-18)29-26(33)23-8-3-4-12-31(23)27(34)22(16-41-17-40(35,36)37)30-43(38,39)24-9-5-13-42-24/h1-2,5-7,9-11,13-14,21-23,30H,3-4,8,12,15-17H2,(H2,28,32)(H,29,33)(H2,35,36,37). The van der Waals surface area contributed by atoms with Crippen molar-refractivity contribution in [3.8, 4) is 0 Å². The lowest BCUT2D eigenvalue weighted by atomic mass is 9.98. The predicted octanol–water partition coefficient (Wildman–Crippen LogP) is 2.01. The summed E-state index contributed by atoms with van der Waals surface area (Å²) in [7, 11) is -8.56.